The van der Waals surface area contributed by atoms with Crippen LogP contribution in [0.4, 0.5) is 11.4 Å². The first-order valence-corrected chi connectivity index (χ1v) is 9.82. The Balaban J connectivity index is 1.53. The van der Waals surface area contributed by atoms with Crippen LogP contribution in [0.2, 0.25) is 0 Å². The summed E-state index contributed by atoms with van der Waals surface area (Å²) in [6, 6.07) is 18.8. The van der Waals surface area contributed by atoms with Gasteiger partial charge in [-0.1, -0.05) is 36.0 Å². The molecule has 4 aromatic rings. The van der Waals surface area contributed by atoms with Crippen LogP contribution in [-0.2, 0) is 4.79 Å². The number of nitrogens with zero attached hydrogens (tertiary/aromatic N) is 4. The van der Waals surface area contributed by atoms with Crippen molar-refractivity contribution < 1.29 is 14.1 Å². The molecule has 0 aliphatic carbocycles. The number of non-ortho nitro benzene ring substituents is 1. The average Bonchev–Trinajstić information content (AvgIpc) is 3.43. The Morgan fingerprint density at radius 2 is 1.93 bits per heavy atom. The third-order valence-electron chi connectivity index (χ3n) is 4.06. The molecule has 0 saturated heterocycles. The van der Waals surface area contributed by atoms with Gasteiger partial charge in [0.2, 0.25) is 11.7 Å². The van der Waals surface area contributed by atoms with Gasteiger partial charge >= 0.3 is 0 Å². The highest BCUT2D eigenvalue weighted by Crippen LogP contribution is 2.28. The summed E-state index contributed by atoms with van der Waals surface area (Å²) < 4.78 is 7.27. The van der Waals surface area contributed by atoms with E-state index in [1.165, 1.54) is 30.0 Å². The largest absolute Gasteiger partial charge is 0.461 e. The summed E-state index contributed by atoms with van der Waals surface area (Å²) in [4.78, 5) is 22.7. The summed E-state index contributed by atoms with van der Waals surface area (Å²) >= 11 is 1.20. The van der Waals surface area contributed by atoms with Crippen molar-refractivity contribution in [1.29, 1.82) is 0 Å². The van der Waals surface area contributed by atoms with Crippen LogP contribution in [0.15, 0.2) is 82.6 Å². The van der Waals surface area contributed by atoms with Gasteiger partial charge in [0.1, 0.15) is 0 Å². The molecule has 9 nitrogen and oxygen atoms in total. The van der Waals surface area contributed by atoms with E-state index in [9.17, 15) is 14.9 Å². The lowest BCUT2D eigenvalue weighted by Gasteiger charge is -2.09. The second-order valence-electron chi connectivity index (χ2n) is 6.10. The summed E-state index contributed by atoms with van der Waals surface area (Å²) in [6.45, 7) is 0. The summed E-state index contributed by atoms with van der Waals surface area (Å²) in [7, 11) is 0. The molecular weight excluding hydrogens is 406 g/mol. The average molecular weight is 421 g/mol. The Morgan fingerprint density at radius 1 is 1.10 bits per heavy atom. The van der Waals surface area contributed by atoms with Gasteiger partial charge in [0, 0.05) is 23.5 Å². The molecule has 2 aromatic carbocycles. The zero-order chi connectivity index (χ0) is 20.9. The van der Waals surface area contributed by atoms with Crippen LogP contribution in [-0.4, -0.2) is 31.3 Å². The number of furan rings is 1. The fraction of sp³-hybridized carbons (Fsp3) is 0.0500. The fourth-order valence-corrected chi connectivity index (χ4v) is 3.51. The van der Waals surface area contributed by atoms with Gasteiger partial charge in [-0.2, -0.15) is 0 Å². The van der Waals surface area contributed by atoms with E-state index in [2.05, 4.69) is 15.5 Å². The SMILES string of the molecule is O=C(CSc1nnc(-c2ccco2)n1-c1ccccc1)Nc1cccc([N+](=O)[O-])c1. The molecule has 1 N–H and O–H groups in total. The molecule has 0 aliphatic heterocycles. The Morgan fingerprint density at radius 3 is 2.67 bits per heavy atom. The fourth-order valence-electron chi connectivity index (χ4n) is 2.76. The number of rotatable bonds is 7. The molecule has 150 valence electrons. The number of nitro benzene ring substituents is 1. The smallest absolute Gasteiger partial charge is 0.271 e. The number of aromatic nitrogens is 3. The van der Waals surface area contributed by atoms with Gasteiger partial charge in [-0.3, -0.25) is 19.5 Å². The van der Waals surface area contributed by atoms with Gasteiger partial charge in [-0.15, -0.1) is 10.2 Å². The first kappa shape index (κ1) is 19.4. The molecule has 0 atom stereocenters. The third-order valence-corrected chi connectivity index (χ3v) is 4.99. The maximum absolute atomic E-state index is 12.4. The van der Waals surface area contributed by atoms with Crippen LogP contribution in [0.1, 0.15) is 0 Å². The van der Waals surface area contributed by atoms with Crippen molar-refractivity contribution in [1.82, 2.24) is 14.8 Å². The van der Waals surface area contributed by atoms with Crippen molar-refractivity contribution in [3.05, 3.63) is 83.1 Å². The van der Waals surface area contributed by atoms with E-state index in [1.807, 2.05) is 34.9 Å². The van der Waals surface area contributed by atoms with E-state index in [0.29, 0.717) is 22.4 Å². The predicted molar refractivity (Wildman–Crippen MR) is 112 cm³/mol. The minimum atomic E-state index is -0.511. The number of thioether (sulfide) groups is 1. The normalized spacial score (nSPS) is 10.7. The summed E-state index contributed by atoms with van der Waals surface area (Å²) in [5.41, 5.74) is 1.10. The molecular formula is C20H15N5O4S. The number of para-hydroxylation sites is 1. The van der Waals surface area contributed by atoms with Gasteiger partial charge in [-0.05, 0) is 30.3 Å². The Kier molecular flexibility index (Phi) is 5.57. The molecule has 10 heteroatoms. The predicted octanol–water partition coefficient (Wildman–Crippen LogP) is 4.17. The number of amides is 1. The molecule has 2 aromatic heterocycles. The Labute approximate surface area is 174 Å². The van der Waals surface area contributed by atoms with Crippen molar-refractivity contribution in [2.45, 2.75) is 5.16 Å². The van der Waals surface area contributed by atoms with Crippen molar-refractivity contribution >= 4 is 29.0 Å². The highest BCUT2D eigenvalue weighted by atomic mass is 32.2. The highest BCUT2D eigenvalue weighted by Gasteiger charge is 2.19. The van der Waals surface area contributed by atoms with Gasteiger partial charge in [0.15, 0.2) is 10.9 Å². The van der Waals surface area contributed by atoms with Crippen LogP contribution in [0.3, 0.4) is 0 Å². The molecule has 0 bridgehead atoms. The van der Waals surface area contributed by atoms with Crippen LogP contribution < -0.4 is 5.32 Å². The molecule has 4 rings (SSSR count). The quantitative estimate of drug-likeness (QED) is 0.270. The summed E-state index contributed by atoms with van der Waals surface area (Å²) in [5, 5.41) is 22.5. The maximum Gasteiger partial charge on any atom is 0.271 e. The number of carbonyl (C=O) groups is 1. The lowest BCUT2D eigenvalue weighted by molar-refractivity contribution is -0.384. The number of hydrogen-bond donors (Lipinski definition) is 1. The first-order valence-electron chi connectivity index (χ1n) is 8.83. The minimum Gasteiger partial charge on any atom is -0.461 e. The number of nitrogens with one attached hydrogen (secondary N) is 1. The number of benzene rings is 2. The molecule has 0 spiro atoms. The molecule has 0 unspecified atom stereocenters. The molecule has 0 saturated carbocycles. The lowest BCUT2D eigenvalue weighted by atomic mass is 10.3. The van der Waals surface area contributed by atoms with Crippen LogP contribution in [0, 0.1) is 10.1 Å². The van der Waals surface area contributed by atoms with Gasteiger partial charge in [0.25, 0.3) is 5.69 Å². The maximum atomic E-state index is 12.4. The number of nitro groups is 1. The van der Waals surface area contributed by atoms with E-state index in [-0.39, 0.29) is 17.3 Å². The van der Waals surface area contributed by atoms with Crippen molar-refractivity contribution in [3.63, 3.8) is 0 Å². The topological polar surface area (TPSA) is 116 Å². The lowest BCUT2D eigenvalue weighted by Crippen LogP contribution is -2.14. The zero-order valence-electron chi connectivity index (χ0n) is 15.5. The van der Waals surface area contributed by atoms with Crippen LogP contribution in [0.5, 0.6) is 0 Å². The molecule has 2 heterocycles. The molecule has 0 radical (unpaired) electrons. The van der Waals surface area contributed by atoms with Crippen LogP contribution in [0.25, 0.3) is 17.3 Å². The van der Waals surface area contributed by atoms with Crippen molar-refractivity contribution in [2.24, 2.45) is 0 Å². The summed E-state index contributed by atoms with van der Waals surface area (Å²) in [6.07, 6.45) is 1.55. The van der Waals surface area contributed by atoms with E-state index < -0.39 is 4.92 Å². The molecule has 1 amide bonds. The van der Waals surface area contributed by atoms with E-state index >= 15 is 0 Å². The second kappa shape index (κ2) is 8.62. The van der Waals surface area contributed by atoms with E-state index in [4.69, 9.17) is 4.42 Å². The number of carbonyl (C=O) groups excluding carboxylic acids is 1. The zero-order valence-corrected chi connectivity index (χ0v) is 16.3. The van der Waals surface area contributed by atoms with Gasteiger partial charge in [-0.25, -0.2) is 0 Å². The van der Waals surface area contributed by atoms with Gasteiger partial charge < -0.3 is 9.73 Å². The van der Waals surface area contributed by atoms with Crippen molar-refractivity contribution in [3.8, 4) is 17.3 Å². The monoisotopic (exact) mass is 421 g/mol. The highest BCUT2D eigenvalue weighted by molar-refractivity contribution is 7.99. The Hall–Kier alpha value is -3.92. The van der Waals surface area contributed by atoms with E-state index in [0.717, 1.165) is 5.69 Å². The molecule has 0 fully saturated rings. The summed E-state index contributed by atoms with van der Waals surface area (Å²) in [5.74, 6) is 0.806. The number of hydrogen-bond acceptors (Lipinski definition) is 7. The van der Waals surface area contributed by atoms with Gasteiger partial charge in [0.05, 0.1) is 16.9 Å². The molecule has 0 aliphatic rings. The second-order valence-corrected chi connectivity index (χ2v) is 7.04. The first-order chi connectivity index (χ1) is 14.6. The van der Waals surface area contributed by atoms with E-state index in [1.54, 1.807) is 24.5 Å². The third kappa shape index (κ3) is 4.23. The molecule has 30 heavy (non-hydrogen) atoms. The van der Waals surface area contributed by atoms with Crippen molar-refractivity contribution in [2.75, 3.05) is 11.1 Å². The number of anilines is 1. The van der Waals surface area contributed by atoms with Crippen LogP contribution >= 0.6 is 11.8 Å². The standard InChI is InChI=1S/C20H15N5O4S/c26-18(21-14-6-4-9-16(12-14)25(27)28)13-30-20-23-22-19(17-10-5-11-29-17)24(20)15-7-2-1-3-8-15/h1-12H,13H2,(H,21,26). The Bertz CT molecular complexity index is 1180. The minimum absolute atomic E-state index is 0.0474.